The number of benzene rings is 1. The minimum atomic E-state index is 0.195. The minimum Gasteiger partial charge on any atom is -0.326 e. The summed E-state index contributed by atoms with van der Waals surface area (Å²) < 4.78 is 0. The molecule has 0 bridgehead atoms. The van der Waals surface area contributed by atoms with Gasteiger partial charge in [-0.05, 0) is 50.3 Å². The van der Waals surface area contributed by atoms with E-state index >= 15 is 0 Å². The lowest BCUT2D eigenvalue weighted by atomic mass is 9.80. The van der Waals surface area contributed by atoms with Gasteiger partial charge in [0.25, 0.3) is 0 Å². The van der Waals surface area contributed by atoms with Crippen molar-refractivity contribution in [1.82, 2.24) is 5.32 Å². The van der Waals surface area contributed by atoms with Crippen molar-refractivity contribution in [2.45, 2.75) is 45.6 Å². The molecule has 0 aliphatic heterocycles. The van der Waals surface area contributed by atoms with Gasteiger partial charge in [-0.1, -0.05) is 31.5 Å². The lowest BCUT2D eigenvalue weighted by Crippen LogP contribution is -2.27. The molecule has 1 aliphatic carbocycles. The topological polar surface area (TPSA) is 41.1 Å². The molecule has 110 valence electrons. The Kier molecular flexibility index (Phi) is 5.60. The number of para-hydroxylation sites is 1. The molecule has 3 heteroatoms. The third kappa shape index (κ3) is 3.83. The Bertz CT molecular complexity index is 436. The van der Waals surface area contributed by atoms with Crippen LogP contribution in [-0.2, 0) is 11.3 Å². The van der Waals surface area contributed by atoms with Gasteiger partial charge in [-0.25, -0.2) is 0 Å². The molecule has 0 aromatic heterocycles. The molecule has 0 atom stereocenters. The smallest absolute Gasteiger partial charge is 0.227 e. The normalized spacial score (nSPS) is 22.5. The second kappa shape index (κ2) is 7.44. The van der Waals surface area contributed by atoms with E-state index in [4.69, 9.17) is 0 Å². The van der Waals surface area contributed by atoms with Gasteiger partial charge in [0.1, 0.15) is 0 Å². The van der Waals surface area contributed by atoms with Crippen LogP contribution in [0.3, 0.4) is 0 Å². The molecule has 0 radical (unpaired) electrons. The van der Waals surface area contributed by atoms with Crippen LogP contribution in [0.1, 0.15) is 44.6 Å². The molecule has 0 saturated heterocycles. The molecular formula is C17H26N2O. The van der Waals surface area contributed by atoms with Crippen molar-refractivity contribution in [1.29, 1.82) is 0 Å². The Hall–Kier alpha value is -1.35. The van der Waals surface area contributed by atoms with E-state index in [-0.39, 0.29) is 11.8 Å². The molecule has 1 aliphatic rings. The zero-order valence-electron chi connectivity index (χ0n) is 12.6. The van der Waals surface area contributed by atoms with Gasteiger partial charge in [0.05, 0.1) is 0 Å². The minimum absolute atomic E-state index is 0.195. The van der Waals surface area contributed by atoms with E-state index < -0.39 is 0 Å². The third-order valence-electron chi connectivity index (χ3n) is 4.44. The molecule has 1 fully saturated rings. The van der Waals surface area contributed by atoms with Crippen LogP contribution in [0.5, 0.6) is 0 Å². The van der Waals surface area contributed by atoms with Crippen molar-refractivity contribution in [3.05, 3.63) is 29.8 Å². The second-order valence-electron chi connectivity index (χ2n) is 5.80. The highest BCUT2D eigenvalue weighted by Gasteiger charge is 2.25. The fourth-order valence-electron chi connectivity index (χ4n) is 3.05. The molecule has 1 amide bonds. The molecule has 1 saturated carbocycles. The molecule has 0 spiro atoms. The monoisotopic (exact) mass is 274 g/mol. The summed E-state index contributed by atoms with van der Waals surface area (Å²) in [5, 5.41) is 6.26. The fraction of sp³-hybridized carbons (Fsp3) is 0.588. The molecule has 0 unspecified atom stereocenters. The zero-order valence-corrected chi connectivity index (χ0v) is 12.6. The van der Waals surface area contributed by atoms with E-state index in [0.717, 1.165) is 36.6 Å². The van der Waals surface area contributed by atoms with Crippen LogP contribution in [-0.4, -0.2) is 13.0 Å². The first-order valence-electron chi connectivity index (χ1n) is 7.78. The maximum absolute atomic E-state index is 12.4. The Labute approximate surface area is 122 Å². The van der Waals surface area contributed by atoms with E-state index in [1.165, 1.54) is 19.3 Å². The van der Waals surface area contributed by atoms with Crippen molar-refractivity contribution >= 4 is 11.6 Å². The summed E-state index contributed by atoms with van der Waals surface area (Å²) in [6.07, 6.45) is 5.73. The summed E-state index contributed by atoms with van der Waals surface area (Å²) in [6.45, 7) is 3.03. The number of rotatable bonds is 5. The SMILES string of the molecule is CCC1CCC(C(=O)Nc2ccccc2CNC)CC1. The van der Waals surface area contributed by atoms with Gasteiger partial charge in [-0.2, -0.15) is 0 Å². The van der Waals surface area contributed by atoms with Gasteiger partial charge in [0, 0.05) is 18.2 Å². The maximum atomic E-state index is 12.4. The predicted octanol–water partition coefficient (Wildman–Crippen LogP) is 3.56. The summed E-state index contributed by atoms with van der Waals surface area (Å²) in [4.78, 5) is 12.4. The molecule has 20 heavy (non-hydrogen) atoms. The maximum Gasteiger partial charge on any atom is 0.227 e. The van der Waals surface area contributed by atoms with Crippen molar-refractivity contribution in [3.8, 4) is 0 Å². The molecule has 2 N–H and O–H groups in total. The summed E-state index contributed by atoms with van der Waals surface area (Å²) in [6, 6.07) is 8.03. The van der Waals surface area contributed by atoms with Crippen LogP contribution in [0.2, 0.25) is 0 Å². The van der Waals surface area contributed by atoms with Crippen LogP contribution >= 0.6 is 0 Å². The number of anilines is 1. The van der Waals surface area contributed by atoms with E-state index in [9.17, 15) is 4.79 Å². The van der Waals surface area contributed by atoms with Crippen molar-refractivity contribution in [3.63, 3.8) is 0 Å². The van der Waals surface area contributed by atoms with Crippen molar-refractivity contribution < 1.29 is 4.79 Å². The van der Waals surface area contributed by atoms with Gasteiger partial charge < -0.3 is 10.6 Å². The molecular weight excluding hydrogens is 248 g/mol. The van der Waals surface area contributed by atoms with Crippen molar-refractivity contribution in [2.24, 2.45) is 11.8 Å². The lowest BCUT2D eigenvalue weighted by Gasteiger charge is -2.27. The van der Waals surface area contributed by atoms with Gasteiger partial charge >= 0.3 is 0 Å². The van der Waals surface area contributed by atoms with Crippen molar-refractivity contribution in [2.75, 3.05) is 12.4 Å². The fourth-order valence-corrected chi connectivity index (χ4v) is 3.05. The first kappa shape index (κ1) is 15.0. The number of carbonyl (C=O) groups excluding carboxylic acids is 1. The number of amides is 1. The standard InChI is InChI=1S/C17H26N2O/c1-3-13-8-10-14(11-9-13)17(20)19-16-7-5-4-6-15(16)12-18-2/h4-7,13-14,18H,3,8-12H2,1-2H3,(H,19,20). The van der Waals surface area contributed by atoms with E-state index in [1.807, 2.05) is 25.2 Å². The van der Waals surface area contributed by atoms with Gasteiger partial charge in [-0.3, -0.25) is 4.79 Å². The summed E-state index contributed by atoms with van der Waals surface area (Å²) in [5.74, 6) is 1.22. The van der Waals surface area contributed by atoms with E-state index in [1.54, 1.807) is 0 Å². The van der Waals surface area contributed by atoms with E-state index in [0.29, 0.717) is 0 Å². The van der Waals surface area contributed by atoms with Crippen LogP contribution in [0.25, 0.3) is 0 Å². The molecule has 3 nitrogen and oxygen atoms in total. The number of hydrogen-bond donors (Lipinski definition) is 2. The van der Waals surface area contributed by atoms with Crippen LogP contribution in [0.4, 0.5) is 5.69 Å². The number of carbonyl (C=O) groups is 1. The molecule has 1 aromatic carbocycles. The highest BCUT2D eigenvalue weighted by atomic mass is 16.1. The average Bonchev–Trinajstić information content (AvgIpc) is 2.49. The summed E-state index contributed by atoms with van der Waals surface area (Å²) in [7, 11) is 1.92. The second-order valence-corrected chi connectivity index (χ2v) is 5.80. The zero-order chi connectivity index (χ0) is 14.4. The Morgan fingerprint density at radius 2 is 1.90 bits per heavy atom. The van der Waals surface area contributed by atoms with Gasteiger partial charge in [0.2, 0.25) is 5.91 Å². The van der Waals surface area contributed by atoms with E-state index in [2.05, 4.69) is 23.6 Å². The molecule has 2 rings (SSSR count). The molecule has 0 heterocycles. The molecule has 1 aromatic rings. The lowest BCUT2D eigenvalue weighted by molar-refractivity contribution is -0.121. The Morgan fingerprint density at radius 3 is 2.55 bits per heavy atom. The van der Waals surface area contributed by atoms with Crippen LogP contribution < -0.4 is 10.6 Å². The predicted molar refractivity (Wildman–Crippen MR) is 83.6 cm³/mol. The quantitative estimate of drug-likeness (QED) is 0.862. The summed E-state index contributed by atoms with van der Waals surface area (Å²) >= 11 is 0. The summed E-state index contributed by atoms with van der Waals surface area (Å²) in [5.41, 5.74) is 2.09. The number of nitrogens with one attached hydrogen (secondary N) is 2. The van der Waals surface area contributed by atoms with Gasteiger partial charge in [0.15, 0.2) is 0 Å². The average molecular weight is 274 g/mol. The Balaban J connectivity index is 1.95. The highest BCUT2D eigenvalue weighted by Crippen LogP contribution is 2.31. The third-order valence-corrected chi connectivity index (χ3v) is 4.44. The Morgan fingerprint density at radius 1 is 1.20 bits per heavy atom. The first-order chi connectivity index (χ1) is 9.74. The van der Waals surface area contributed by atoms with Crippen LogP contribution in [0, 0.1) is 11.8 Å². The van der Waals surface area contributed by atoms with Crippen LogP contribution in [0.15, 0.2) is 24.3 Å². The highest BCUT2D eigenvalue weighted by molar-refractivity contribution is 5.93. The largest absolute Gasteiger partial charge is 0.326 e. The first-order valence-corrected chi connectivity index (χ1v) is 7.78. The number of hydrogen-bond acceptors (Lipinski definition) is 2. The van der Waals surface area contributed by atoms with Gasteiger partial charge in [-0.15, -0.1) is 0 Å².